The minimum atomic E-state index is -1.74. The maximum absolute atomic E-state index is 14.3. The number of nitrogens with zero attached hydrogens (tertiary/aromatic N) is 1. The van der Waals surface area contributed by atoms with Gasteiger partial charge in [-0.25, -0.2) is 13.2 Å². The summed E-state index contributed by atoms with van der Waals surface area (Å²) in [6.45, 7) is 0. The number of allylic oxidation sites excluding steroid dienone is 1. The van der Waals surface area contributed by atoms with Gasteiger partial charge in [-0.2, -0.15) is 14.0 Å². The van der Waals surface area contributed by atoms with Gasteiger partial charge in [-0.1, -0.05) is 6.07 Å². The van der Waals surface area contributed by atoms with Crippen LogP contribution in [0, 0.1) is 28.8 Å². The lowest BCUT2D eigenvalue weighted by Crippen LogP contribution is -1.96. The molecule has 0 bridgehead atoms. The molecule has 0 fully saturated rings. The molecule has 0 radical (unpaired) electrons. The van der Waals surface area contributed by atoms with Crippen molar-refractivity contribution < 1.29 is 22.0 Å². The molecule has 0 aliphatic heterocycles. The van der Waals surface area contributed by atoms with Gasteiger partial charge in [0, 0.05) is 0 Å². The maximum atomic E-state index is 14.3. The van der Waals surface area contributed by atoms with Crippen LogP contribution in [0.2, 0.25) is 0 Å². The molecule has 2 aromatic rings. The summed E-state index contributed by atoms with van der Waals surface area (Å²) < 4.78 is 65.9. The largest absolute Gasteiger partial charge is 0.266 e. The van der Waals surface area contributed by atoms with Crippen molar-refractivity contribution in [2.45, 2.75) is 25.7 Å². The standard InChI is InChI=1S/C19H14F5N/c20-15-10-13(6-7-14(15)11-25)19-16(21)8-12(9-17(19)22)4-2-1-3-5-18(23)24/h5-10H,1-4H2. The summed E-state index contributed by atoms with van der Waals surface area (Å²) in [7, 11) is 0. The first-order valence-electron chi connectivity index (χ1n) is 7.61. The zero-order chi connectivity index (χ0) is 18.4. The fourth-order valence-electron chi connectivity index (χ4n) is 2.49. The Labute approximate surface area is 142 Å². The van der Waals surface area contributed by atoms with E-state index in [-0.39, 0.29) is 23.1 Å². The Bertz CT molecular complexity index is 809. The second-order valence-corrected chi connectivity index (χ2v) is 5.48. The van der Waals surface area contributed by atoms with Crippen molar-refractivity contribution in [1.82, 2.24) is 0 Å². The third-order valence-electron chi connectivity index (χ3n) is 3.70. The Balaban J connectivity index is 2.16. The molecule has 0 N–H and O–H groups in total. The van der Waals surface area contributed by atoms with Crippen LogP contribution < -0.4 is 0 Å². The van der Waals surface area contributed by atoms with E-state index in [1.807, 2.05) is 0 Å². The van der Waals surface area contributed by atoms with Crippen molar-refractivity contribution in [3.05, 3.63) is 71.1 Å². The predicted molar refractivity (Wildman–Crippen MR) is 84.3 cm³/mol. The quantitative estimate of drug-likeness (QED) is 0.453. The highest BCUT2D eigenvalue weighted by Crippen LogP contribution is 2.29. The van der Waals surface area contributed by atoms with Crippen LogP contribution in [-0.4, -0.2) is 0 Å². The van der Waals surface area contributed by atoms with Gasteiger partial charge in [0.25, 0.3) is 6.08 Å². The van der Waals surface area contributed by atoms with Crippen molar-refractivity contribution in [1.29, 1.82) is 5.26 Å². The molecule has 130 valence electrons. The van der Waals surface area contributed by atoms with E-state index in [9.17, 15) is 22.0 Å². The zero-order valence-corrected chi connectivity index (χ0v) is 13.1. The van der Waals surface area contributed by atoms with Crippen molar-refractivity contribution in [3.8, 4) is 17.2 Å². The normalized spacial score (nSPS) is 10.4. The van der Waals surface area contributed by atoms with E-state index >= 15 is 0 Å². The van der Waals surface area contributed by atoms with E-state index in [1.54, 1.807) is 6.07 Å². The molecule has 0 saturated carbocycles. The summed E-state index contributed by atoms with van der Waals surface area (Å²) in [5.41, 5.74) is -0.172. The van der Waals surface area contributed by atoms with Gasteiger partial charge in [0.2, 0.25) is 0 Å². The van der Waals surface area contributed by atoms with Gasteiger partial charge in [0.05, 0.1) is 11.1 Å². The van der Waals surface area contributed by atoms with E-state index < -0.39 is 23.5 Å². The molecule has 2 rings (SSSR count). The third kappa shape index (κ3) is 4.90. The molecule has 0 unspecified atom stereocenters. The van der Waals surface area contributed by atoms with Gasteiger partial charge < -0.3 is 0 Å². The Morgan fingerprint density at radius 3 is 2.20 bits per heavy atom. The fourth-order valence-corrected chi connectivity index (χ4v) is 2.49. The van der Waals surface area contributed by atoms with Gasteiger partial charge in [-0.05, 0) is 67.2 Å². The first kappa shape index (κ1) is 18.7. The van der Waals surface area contributed by atoms with Crippen LogP contribution in [0.5, 0.6) is 0 Å². The van der Waals surface area contributed by atoms with E-state index in [0.717, 1.165) is 30.3 Å². The van der Waals surface area contributed by atoms with Gasteiger partial charge in [0.15, 0.2) is 0 Å². The molecule has 6 heteroatoms. The summed E-state index contributed by atoms with van der Waals surface area (Å²) in [5.74, 6) is -2.53. The average molecular weight is 351 g/mol. The first-order chi connectivity index (χ1) is 11.9. The van der Waals surface area contributed by atoms with Gasteiger partial charge >= 0.3 is 0 Å². The zero-order valence-electron chi connectivity index (χ0n) is 13.1. The molecule has 25 heavy (non-hydrogen) atoms. The van der Waals surface area contributed by atoms with Crippen molar-refractivity contribution in [2.24, 2.45) is 0 Å². The smallest absolute Gasteiger partial charge is 0.206 e. The molecule has 0 amide bonds. The van der Waals surface area contributed by atoms with E-state index in [1.165, 1.54) is 6.07 Å². The van der Waals surface area contributed by atoms with Gasteiger partial charge in [-0.15, -0.1) is 0 Å². The summed E-state index contributed by atoms with van der Waals surface area (Å²) in [6.07, 6.45) is 0.601. The highest BCUT2D eigenvalue weighted by atomic mass is 19.3. The van der Waals surface area contributed by atoms with Crippen molar-refractivity contribution in [2.75, 3.05) is 0 Å². The molecular weight excluding hydrogens is 337 g/mol. The lowest BCUT2D eigenvalue weighted by atomic mass is 9.99. The molecule has 0 aliphatic carbocycles. The number of hydrogen-bond donors (Lipinski definition) is 0. The van der Waals surface area contributed by atoms with E-state index in [4.69, 9.17) is 5.26 Å². The summed E-state index contributed by atoms with van der Waals surface area (Å²) in [4.78, 5) is 0. The predicted octanol–water partition coefficient (Wildman–Crippen LogP) is 6.14. The highest BCUT2D eigenvalue weighted by Gasteiger charge is 2.15. The molecule has 0 heterocycles. The number of benzene rings is 2. The minimum absolute atomic E-state index is 0.00149. The average Bonchev–Trinajstić information content (AvgIpc) is 2.54. The summed E-state index contributed by atoms with van der Waals surface area (Å²) >= 11 is 0. The van der Waals surface area contributed by atoms with Crippen LogP contribution in [0.15, 0.2) is 42.5 Å². The highest BCUT2D eigenvalue weighted by molar-refractivity contribution is 5.66. The molecule has 0 aliphatic rings. The van der Waals surface area contributed by atoms with Crippen molar-refractivity contribution >= 4 is 0 Å². The molecule has 0 aromatic heterocycles. The molecule has 0 spiro atoms. The second-order valence-electron chi connectivity index (χ2n) is 5.48. The lowest BCUT2D eigenvalue weighted by Gasteiger charge is -2.09. The number of hydrogen-bond acceptors (Lipinski definition) is 1. The van der Waals surface area contributed by atoms with Crippen molar-refractivity contribution in [3.63, 3.8) is 0 Å². The molecule has 0 saturated heterocycles. The van der Waals surface area contributed by atoms with Crippen LogP contribution in [0.25, 0.3) is 11.1 Å². The Hall–Kier alpha value is -2.68. The van der Waals surface area contributed by atoms with Gasteiger partial charge in [0.1, 0.15) is 23.5 Å². The lowest BCUT2D eigenvalue weighted by molar-refractivity contribution is 0.416. The Kier molecular flexibility index (Phi) is 6.29. The maximum Gasteiger partial charge on any atom is 0.266 e. The number of aryl methyl sites for hydroxylation is 1. The van der Waals surface area contributed by atoms with Crippen LogP contribution in [-0.2, 0) is 6.42 Å². The van der Waals surface area contributed by atoms with Gasteiger partial charge in [-0.3, -0.25) is 0 Å². The van der Waals surface area contributed by atoms with Crippen LogP contribution in [0.1, 0.15) is 30.4 Å². The van der Waals surface area contributed by atoms with Crippen LogP contribution in [0.3, 0.4) is 0 Å². The Morgan fingerprint density at radius 1 is 0.960 bits per heavy atom. The number of halogens is 5. The molecule has 1 nitrogen and oxygen atoms in total. The number of unbranched alkanes of at least 4 members (excludes halogenated alkanes) is 2. The first-order valence-corrected chi connectivity index (χ1v) is 7.61. The third-order valence-corrected chi connectivity index (χ3v) is 3.70. The minimum Gasteiger partial charge on any atom is -0.206 e. The number of nitriles is 1. The SMILES string of the molecule is N#Cc1ccc(-c2c(F)cc(CCCCC=C(F)F)cc2F)cc1F. The van der Waals surface area contributed by atoms with Crippen LogP contribution >= 0.6 is 0 Å². The van der Waals surface area contributed by atoms with Crippen LogP contribution in [0.4, 0.5) is 22.0 Å². The monoisotopic (exact) mass is 351 g/mol. The number of rotatable bonds is 6. The fraction of sp³-hybridized carbons (Fsp3) is 0.211. The topological polar surface area (TPSA) is 23.8 Å². The second kappa shape index (κ2) is 8.43. The van der Waals surface area contributed by atoms with E-state index in [2.05, 4.69) is 0 Å². The Morgan fingerprint density at radius 2 is 1.64 bits per heavy atom. The molecular formula is C19H14F5N. The molecule has 2 aromatic carbocycles. The van der Waals surface area contributed by atoms with E-state index in [0.29, 0.717) is 24.8 Å². The summed E-state index contributed by atoms with van der Waals surface area (Å²) in [6, 6.07) is 7.30. The molecule has 0 atom stereocenters. The summed E-state index contributed by atoms with van der Waals surface area (Å²) in [5, 5.41) is 8.69.